The molecule has 1 saturated carbocycles. The maximum absolute atomic E-state index is 13.4. The molecule has 3 N–H and O–H groups in total. The Bertz CT molecular complexity index is 2950. The molecule has 8 rings (SSSR count). The molecule has 0 spiro atoms. The first-order chi connectivity index (χ1) is 36.8. The number of nitrogens with one attached hydrogen (secondary N) is 2. The van der Waals surface area contributed by atoms with Crippen molar-refractivity contribution >= 4 is 34.5 Å². The summed E-state index contributed by atoms with van der Waals surface area (Å²) in [5.74, 6) is -0.569. The van der Waals surface area contributed by atoms with E-state index in [0.717, 1.165) is 16.3 Å². The van der Waals surface area contributed by atoms with Crippen LogP contribution in [-0.2, 0) is 20.9 Å². The molecule has 2 heterocycles. The normalized spacial score (nSPS) is 12.0. The van der Waals surface area contributed by atoms with E-state index in [4.69, 9.17) is 18.9 Å². The third-order valence-electron chi connectivity index (χ3n) is 12.2. The summed E-state index contributed by atoms with van der Waals surface area (Å²) in [6.45, 7) is 8.09. The van der Waals surface area contributed by atoms with Gasteiger partial charge in [0, 0.05) is 6.04 Å². The third kappa shape index (κ3) is 16.1. The molecule has 0 bridgehead atoms. The highest BCUT2D eigenvalue weighted by Crippen LogP contribution is 2.41. The van der Waals surface area contributed by atoms with Gasteiger partial charge in [0.05, 0.1) is 76.7 Å². The van der Waals surface area contributed by atoms with E-state index in [1.165, 1.54) is 94.9 Å². The zero-order valence-electron chi connectivity index (χ0n) is 45.0. The van der Waals surface area contributed by atoms with E-state index in [9.17, 15) is 28.7 Å². The van der Waals surface area contributed by atoms with Crippen LogP contribution in [-0.4, -0.2) is 96.6 Å². The number of hydrogen-bond acceptors (Lipinski definition) is 11. The first-order valence-corrected chi connectivity index (χ1v) is 25.5. The van der Waals surface area contributed by atoms with E-state index in [1.54, 1.807) is 43.2 Å². The Kier molecular flexibility index (Phi) is 22.9. The molecule has 0 aliphatic heterocycles. The van der Waals surface area contributed by atoms with E-state index < -0.39 is 35.6 Å². The lowest BCUT2D eigenvalue weighted by Gasteiger charge is -2.18. The highest BCUT2D eigenvalue weighted by atomic mass is 19.1. The number of fused-ring (bicyclic) bond motifs is 1. The van der Waals surface area contributed by atoms with Crippen molar-refractivity contribution in [1.29, 1.82) is 0 Å². The lowest BCUT2D eigenvalue weighted by molar-refractivity contribution is -0.139. The number of carbonyl (C=O) groups excluding carboxylic acids is 3. The summed E-state index contributed by atoms with van der Waals surface area (Å²) in [7, 11) is 7.42. The topological polar surface area (TPSA) is 194 Å². The Morgan fingerprint density at radius 3 is 1.66 bits per heavy atom. The molecule has 404 valence electrons. The smallest absolute Gasteiger partial charge is 0.325 e. The Balaban J connectivity index is 0.000000250. The van der Waals surface area contributed by atoms with E-state index in [0.29, 0.717) is 64.2 Å². The van der Waals surface area contributed by atoms with Crippen molar-refractivity contribution in [1.82, 2.24) is 30.2 Å². The van der Waals surface area contributed by atoms with Crippen molar-refractivity contribution in [2.24, 2.45) is 5.92 Å². The summed E-state index contributed by atoms with van der Waals surface area (Å²) in [5.41, 5.74) is 4.14. The number of benzene rings is 5. The average molecular weight is 1040 g/mol. The number of aliphatic carboxylic acids is 1. The Morgan fingerprint density at radius 1 is 0.632 bits per heavy atom. The second-order valence-corrected chi connectivity index (χ2v) is 17.9. The van der Waals surface area contributed by atoms with Gasteiger partial charge in [0.25, 0.3) is 11.8 Å². The maximum Gasteiger partial charge on any atom is 0.325 e. The zero-order chi connectivity index (χ0) is 55.1. The molecule has 0 saturated heterocycles. The molecule has 17 heteroatoms. The minimum absolute atomic E-state index is 0.0474. The summed E-state index contributed by atoms with van der Waals surface area (Å²) in [6, 6.07) is 33.5. The lowest BCUT2D eigenvalue weighted by atomic mass is 10.0. The predicted octanol–water partition coefficient (Wildman–Crippen LogP) is 11.4. The number of rotatable bonds is 18. The third-order valence-corrected chi connectivity index (χ3v) is 12.2. The van der Waals surface area contributed by atoms with Gasteiger partial charge in [-0.05, 0) is 95.4 Å². The van der Waals surface area contributed by atoms with Crippen LogP contribution in [0, 0.1) is 11.7 Å². The predicted molar refractivity (Wildman–Crippen MR) is 292 cm³/mol. The zero-order valence-corrected chi connectivity index (χ0v) is 45.0. The number of ether oxygens (including phenoxy) is 5. The summed E-state index contributed by atoms with van der Waals surface area (Å²) in [5, 5.41) is 25.9. The lowest BCUT2D eigenvalue weighted by Crippen LogP contribution is -2.37. The summed E-state index contributed by atoms with van der Waals surface area (Å²) < 4.78 is 43.4. The van der Waals surface area contributed by atoms with Gasteiger partial charge in [0.2, 0.25) is 0 Å². The molecule has 2 aromatic heterocycles. The molecule has 0 radical (unpaired) electrons. The summed E-state index contributed by atoms with van der Waals surface area (Å²) in [4.78, 5) is 48.6. The molecule has 2 amide bonds. The first-order valence-electron chi connectivity index (χ1n) is 25.5. The quantitative estimate of drug-likeness (QED) is 0.0690. The Labute approximate surface area is 444 Å². The van der Waals surface area contributed by atoms with Gasteiger partial charge in [0.15, 0.2) is 11.4 Å². The van der Waals surface area contributed by atoms with Gasteiger partial charge in [-0.2, -0.15) is 10.2 Å². The molecule has 1 atom stereocenters. The number of hydrogen-bond donors (Lipinski definition) is 3. The van der Waals surface area contributed by atoms with Crippen LogP contribution in [0.3, 0.4) is 0 Å². The molecule has 1 unspecified atom stereocenters. The number of carbonyl (C=O) groups is 4. The van der Waals surface area contributed by atoms with E-state index in [-0.39, 0.29) is 30.3 Å². The number of carboxylic acids is 1. The summed E-state index contributed by atoms with van der Waals surface area (Å²) >= 11 is 0. The van der Waals surface area contributed by atoms with Crippen molar-refractivity contribution in [2.75, 3.05) is 42.1 Å². The van der Waals surface area contributed by atoms with Crippen molar-refractivity contribution in [2.45, 2.75) is 91.6 Å². The van der Waals surface area contributed by atoms with Crippen LogP contribution < -0.4 is 29.6 Å². The molecule has 7 aromatic rings. The van der Waals surface area contributed by atoms with Gasteiger partial charge < -0.3 is 39.4 Å². The maximum atomic E-state index is 13.4. The van der Waals surface area contributed by atoms with Crippen LogP contribution in [0.4, 0.5) is 4.39 Å². The standard InChI is InChI=1S/C30H33N3O5.C21H20FN3O5.C6H12.C2H6/c1-19(2)14-23(16-28(34)35)31-30(36)24-17-25(29-26(37-3)10-7-11-27(29)38-4)33(32-24)18-20-12-13-21-8-5-6-9-22(21)15-20;1-28-17-5-4-6-18(29-2)20(17)16-11-15(21(27)23-12-19(26)30-3)24-25(16)14-9-7-13(22)8-10-14;1-2-4-6-5-3-1;1-2/h5-13,15,17,19,23H,14,16,18H2,1-4H3,(H,31,36)(H,34,35);4-11H,12H2,1-3H3,(H,23,27);1-6H2;1-2H3. The van der Waals surface area contributed by atoms with Crippen molar-refractivity contribution in [3.8, 4) is 51.2 Å². The van der Waals surface area contributed by atoms with Gasteiger partial charge in [-0.3, -0.25) is 23.9 Å². The van der Waals surface area contributed by atoms with Gasteiger partial charge >= 0.3 is 11.9 Å². The largest absolute Gasteiger partial charge is 0.496 e. The highest BCUT2D eigenvalue weighted by Gasteiger charge is 2.26. The SMILES string of the molecule is C1CCCCC1.CC.COC(=O)CNC(=O)c1cc(-c2c(OC)cccc2OC)n(-c2ccc(F)cc2)n1.COc1cccc(OC)c1-c1cc(C(=O)NC(CC(=O)O)CC(C)C)nn1Cc1ccc2ccccc2c1. The van der Waals surface area contributed by atoms with Crippen LogP contribution in [0.5, 0.6) is 23.0 Å². The average Bonchev–Trinajstić information content (AvgIpc) is 4.09. The number of amides is 2. The Morgan fingerprint density at radius 2 is 1.14 bits per heavy atom. The second kappa shape index (κ2) is 29.6. The number of carboxylic acid groups (broad SMARTS) is 1. The van der Waals surface area contributed by atoms with Crippen LogP contribution in [0.25, 0.3) is 39.0 Å². The fraction of sp³-hybridized carbons (Fsp3) is 0.356. The fourth-order valence-electron chi connectivity index (χ4n) is 8.62. The van der Waals surface area contributed by atoms with Gasteiger partial charge in [-0.1, -0.05) is 115 Å². The molecule has 1 aliphatic carbocycles. The molecule has 76 heavy (non-hydrogen) atoms. The van der Waals surface area contributed by atoms with Crippen LogP contribution in [0.1, 0.15) is 106 Å². The minimum Gasteiger partial charge on any atom is -0.496 e. The second-order valence-electron chi connectivity index (χ2n) is 17.9. The monoisotopic (exact) mass is 1040 g/mol. The van der Waals surface area contributed by atoms with Crippen LogP contribution >= 0.6 is 0 Å². The molecule has 5 aromatic carbocycles. The molecule has 1 aliphatic rings. The number of esters is 1. The van der Waals surface area contributed by atoms with Crippen molar-refractivity contribution < 1.29 is 52.4 Å². The molecule has 16 nitrogen and oxygen atoms in total. The Hall–Kier alpha value is -8.21. The number of halogens is 1. The van der Waals surface area contributed by atoms with Gasteiger partial charge in [-0.15, -0.1) is 0 Å². The molecule has 1 fully saturated rings. The van der Waals surface area contributed by atoms with E-state index >= 15 is 0 Å². The van der Waals surface area contributed by atoms with Gasteiger partial charge in [-0.25, -0.2) is 9.07 Å². The van der Waals surface area contributed by atoms with E-state index in [1.807, 2.05) is 64.1 Å². The number of aromatic nitrogens is 4. The minimum atomic E-state index is -0.961. The van der Waals surface area contributed by atoms with E-state index in [2.05, 4.69) is 49.8 Å². The van der Waals surface area contributed by atoms with Crippen molar-refractivity contribution in [3.05, 3.63) is 138 Å². The summed E-state index contributed by atoms with van der Waals surface area (Å²) in [6.07, 6.45) is 9.39. The van der Waals surface area contributed by atoms with Crippen molar-refractivity contribution in [3.63, 3.8) is 0 Å². The first kappa shape index (κ1) is 58.7. The molecular weight excluding hydrogens is 972 g/mol. The molecular formula is C59H71FN6O10. The fourth-order valence-corrected chi connectivity index (χ4v) is 8.62. The highest BCUT2D eigenvalue weighted by molar-refractivity contribution is 5.96. The number of nitrogens with zero attached hydrogens (tertiary/aromatic N) is 4. The van der Waals surface area contributed by atoms with Gasteiger partial charge in [0.1, 0.15) is 35.4 Å². The number of methoxy groups -OCH3 is 5. The van der Waals surface area contributed by atoms with Crippen LogP contribution in [0.2, 0.25) is 0 Å². The van der Waals surface area contributed by atoms with Crippen LogP contribution in [0.15, 0.2) is 115 Å².